The van der Waals surface area contributed by atoms with E-state index in [-0.39, 0.29) is 12.1 Å². The Balaban J connectivity index is 1.82. The first-order valence-electron chi connectivity index (χ1n) is 8.02. The first-order valence-corrected chi connectivity index (χ1v) is 8.02. The summed E-state index contributed by atoms with van der Waals surface area (Å²) in [5.74, 6) is 1.58. The Kier molecular flexibility index (Phi) is 3.50. The number of anilines is 2. The van der Waals surface area contributed by atoms with E-state index in [1.165, 1.54) is 0 Å². The molecule has 0 radical (unpaired) electrons. The second kappa shape index (κ2) is 5.66. The van der Waals surface area contributed by atoms with Gasteiger partial charge in [-0.3, -0.25) is 0 Å². The highest BCUT2D eigenvalue weighted by Gasteiger charge is 2.40. The molecule has 1 saturated carbocycles. The van der Waals surface area contributed by atoms with Crippen LogP contribution >= 0.6 is 0 Å². The van der Waals surface area contributed by atoms with Crippen molar-refractivity contribution >= 4 is 11.4 Å². The minimum absolute atomic E-state index is 0.111. The fourth-order valence-electron chi connectivity index (χ4n) is 3.67. The zero-order valence-electron chi connectivity index (χ0n) is 12.7. The molecule has 4 rings (SSSR count). The van der Waals surface area contributed by atoms with Crippen LogP contribution in [0.15, 0.2) is 48.5 Å². The van der Waals surface area contributed by atoms with Crippen LogP contribution in [0.5, 0.6) is 11.5 Å². The molecule has 0 saturated heterocycles. The lowest BCUT2D eigenvalue weighted by Crippen LogP contribution is -2.78. The largest absolute Gasteiger partial charge is 0.508 e. The van der Waals surface area contributed by atoms with Crippen LogP contribution in [0.3, 0.4) is 0 Å². The van der Waals surface area contributed by atoms with Gasteiger partial charge in [-0.15, -0.1) is 0 Å². The number of rotatable bonds is 2. The first-order chi connectivity index (χ1) is 11.3. The van der Waals surface area contributed by atoms with Crippen LogP contribution in [0.2, 0.25) is 0 Å². The number of fused-ring (bicyclic) bond motifs is 2. The van der Waals surface area contributed by atoms with Gasteiger partial charge in [-0.05, 0) is 37.1 Å². The number of ether oxygens (including phenoxy) is 1. The number of hydrogen-bond acceptors (Lipinski definition) is 3. The maximum atomic E-state index is 10.7. The predicted octanol–water partition coefficient (Wildman–Crippen LogP) is 2.31. The molecule has 3 atom stereocenters. The van der Waals surface area contributed by atoms with Gasteiger partial charge in [0, 0.05) is 6.42 Å². The molecule has 0 aromatic heterocycles. The molecule has 1 aliphatic carbocycles. The molecule has 0 bridgehead atoms. The highest BCUT2D eigenvalue weighted by molar-refractivity contribution is 5.78. The van der Waals surface area contributed by atoms with E-state index in [9.17, 15) is 10.6 Å². The molecule has 23 heavy (non-hydrogen) atoms. The second-order valence-corrected chi connectivity index (χ2v) is 6.13. The van der Waals surface area contributed by atoms with Crippen LogP contribution in [-0.4, -0.2) is 23.3 Å². The summed E-state index contributed by atoms with van der Waals surface area (Å²) in [6, 6.07) is 15.3. The van der Waals surface area contributed by atoms with E-state index < -0.39 is 6.10 Å². The minimum atomic E-state index is -0.659. The van der Waals surface area contributed by atoms with Crippen molar-refractivity contribution in [2.45, 2.75) is 37.5 Å². The Labute approximate surface area is 135 Å². The molecule has 0 spiro atoms. The van der Waals surface area contributed by atoms with Crippen LogP contribution < -0.4 is 14.8 Å². The number of nitrogens with zero attached hydrogens (tertiary/aromatic N) is 2. The van der Waals surface area contributed by atoms with Crippen molar-refractivity contribution in [1.29, 1.82) is 0 Å². The summed E-state index contributed by atoms with van der Waals surface area (Å²) in [5.41, 5.74) is 11.2. The van der Waals surface area contributed by atoms with Crippen LogP contribution in [0, 0.1) is 0 Å². The van der Waals surface area contributed by atoms with Crippen molar-refractivity contribution < 1.29 is 15.0 Å². The molecule has 1 heterocycles. The molecule has 2 aliphatic rings. The average molecular weight is 309 g/mol. The van der Waals surface area contributed by atoms with Crippen molar-refractivity contribution in [1.82, 2.24) is 0 Å². The molecule has 1 fully saturated rings. The zero-order chi connectivity index (χ0) is 15.8. The standard InChI is InChI=1S/C18H19N3O2/c19-20-12-6-5-9-15(18(12)22)21-13-7-1-3-10-16(13)23-17-11-4-2-8-14(17)21/h1-4,7-8,10-12,15,18,20,22H,5-6,9H2/t12-,15+,18+/m0/s1. The van der Waals surface area contributed by atoms with Gasteiger partial charge < -0.3 is 25.4 Å². The SMILES string of the molecule is [N-]=[NH+][C@H]1CCC[C@@H](N2c3ccccc3Oc3ccccc32)[C@@H]1O. The third kappa shape index (κ3) is 2.28. The maximum absolute atomic E-state index is 10.7. The summed E-state index contributed by atoms with van der Waals surface area (Å²) < 4.78 is 6.00. The molecule has 118 valence electrons. The molecule has 5 nitrogen and oxygen atoms in total. The predicted molar refractivity (Wildman–Crippen MR) is 86.9 cm³/mol. The highest BCUT2D eigenvalue weighted by atomic mass is 16.5. The Morgan fingerprint density at radius 1 is 1.00 bits per heavy atom. The summed E-state index contributed by atoms with van der Waals surface area (Å²) in [5, 5.41) is 13.0. The van der Waals surface area contributed by atoms with E-state index in [0.717, 1.165) is 42.1 Å². The lowest BCUT2D eigenvalue weighted by molar-refractivity contribution is -0.542. The number of aliphatic hydroxyl groups excluding tert-OH is 1. The molecule has 0 amide bonds. The third-order valence-electron chi connectivity index (χ3n) is 4.79. The Morgan fingerprint density at radius 3 is 2.22 bits per heavy atom. The van der Waals surface area contributed by atoms with Crippen molar-refractivity contribution in [2.75, 3.05) is 4.90 Å². The minimum Gasteiger partial charge on any atom is -0.508 e. The van der Waals surface area contributed by atoms with Crippen LogP contribution in [0.1, 0.15) is 19.3 Å². The van der Waals surface area contributed by atoms with E-state index in [4.69, 9.17) is 4.74 Å². The van der Waals surface area contributed by atoms with Crippen molar-refractivity contribution in [2.24, 2.45) is 0 Å². The fourth-order valence-corrected chi connectivity index (χ4v) is 3.67. The molecular weight excluding hydrogens is 290 g/mol. The molecular formula is C18H19N3O2. The molecule has 0 unspecified atom stereocenters. The Hall–Kier alpha value is -2.40. The van der Waals surface area contributed by atoms with Gasteiger partial charge in [0.2, 0.25) is 0 Å². The maximum Gasteiger partial charge on any atom is 0.167 e. The number of benzene rings is 2. The van der Waals surface area contributed by atoms with Gasteiger partial charge in [0.15, 0.2) is 17.5 Å². The normalized spacial score (nSPS) is 26.0. The van der Waals surface area contributed by atoms with E-state index in [0.29, 0.717) is 0 Å². The summed E-state index contributed by atoms with van der Waals surface area (Å²) >= 11 is 0. The lowest BCUT2D eigenvalue weighted by Gasteiger charge is -2.43. The van der Waals surface area contributed by atoms with Gasteiger partial charge in [0.1, 0.15) is 6.10 Å². The van der Waals surface area contributed by atoms with Crippen LogP contribution in [-0.2, 0) is 0 Å². The fraction of sp³-hybridized carbons (Fsp3) is 0.333. The van der Waals surface area contributed by atoms with Gasteiger partial charge >= 0.3 is 0 Å². The monoisotopic (exact) mass is 309 g/mol. The number of hydrogen-bond donors (Lipinski definition) is 2. The van der Waals surface area contributed by atoms with Crippen molar-refractivity contribution in [3.8, 4) is 11.5 Å². The van der Waals surface area contributed by atoms with Gasteiger partial charge in [-0.25, -0.2) is 0 Å². The molecule has 2 aromatic rings. The number of para-hydroxylation sites is 4. The topological polar surface area (TPSA) is 69.0 Å². The first kappa shape index (κ1) is 14.2. The van der Waals surface area contributed by atoms with Crippen LogP contribution in [0.25, 0.3) is 5.53 Å². The average Bonchev–Trinajstić information content (AvgIpc) is 2.60. The van der Waals surface area contributed by atoms with Gasteiger partial charge in [-0.2, -0.15) is 0 Å². The second-order valence-electron chi connectivity index (χ2n) is 6.13. The summed E-state index contributed by atoms with van der Waals surface area (Å²) in [6.07, 6.45) is 1.92. The Morgan fingerprint density at radius 2 is 1.61 bits per heavy atom. The third-order valence-corrected chi connectivity index (χ3v) is 4.79. The van der Waals surface area contributed by atoms with Gasteiger partial charge in [0.05, 0.1) is 17.4 Å². The van der Waals surface area contributed by atoms with Crippen molar-refractivity contribution in [3.63, 3.8) is 0 Å². The summed E-state index contributed by atoms with van der Waals surface area (Å²) in [7, 11) is 0. The summed E-state index contributed by atoms with van der Waals surface area (Å²) in [6.45, 7) is 0. The molecule has 2 N–H and O–H groups in total. The van der Waals surface area contributed by atoms with Gasteiger partial charge in [0.25, 0.3) is 0 Å². The van der Waals surface area contributed by atoms with E-state index >= 15 is 0 Å². The number of aliphatic hydroxyl groups is 1. The lowest BCUT2D eigenvalue weighted by atomic mass is 9.86. The zero-order valence-corrected chi connectivity index (χ0v) is 12.7. The van der Waals surface area contributed by atoms with Crippen LogP contribution in [0.4, 0.5) is 11.4 Å². The Bertz CT molecular complexity index is 688. The molecule has 2 aromatic carbocycles. The van der Waals surface area contributed by atoms with E-state index in [1.54, 1.807) is 0 Å². The summed E-state index contributed by atoms with van der Waals surface area (Å²) in [4.78, 5) is 2.16. The molecule has 5 heteroatoms. The molecule has 1 aliphatic heterocycles. The number of nitrogens with one attached hydrogen (secondary N) is 1. The van der Waals surface area contributed by atoms with E-state index in [1.807, 2.05) is 48.5 Å². The highest BCUT2D eigenvalue weighted by Crippen LogP contribution is 2.48. The quantitative estimate of drug-likeness (QED) is 0.837. The smallest absolute Gasteiger partial charge is 0.167 e. The van der Waals surface area contributed by atoms with Gasteiger partial charge in [-0.1, -0.05) is 24.3 Å². The van der Waals surface area contributed by atoms with E-state index in [2.05, 4.69) is 10.0 Å². The van der Waals surface area contributed by atoms with Crippen molar-refractivity contribution in [3.05, 3.63) is 54.1 Å².